The van der Waals surface area contributed by atoms with Gasteiger partial charge in [-0.05, 0) is 19.8 Å². The van der Waals surface area contributed by atoms with Crippen molar-refractivity contribution >= 4 is 16.0 Å². The minimum Gasteiger partial charge on any atom is -0.468 e. The van der Waals surface area contributed by atoms with Crippen molar-refractivity contribution < 1.29 is 17.9 Å². The van der Waals surface area contributed by atoms with Crippen LogP contribution in [-0.2, 0) is 19.6 Å². The fourth-order valence-electron chi connectivity index (χ4n) is 2.67. The number of nitrogens with one attached hydrogen (secondary N) is 1. The lowest BCUT2D eigenvalue weighted by Crippen LogP contribution is -2.62. The Morgan fingerprint density at radius 3 is 2.42 bits per heavy atom. The SMILES string of the molecule is COC(=O)[C@@H](C)N1CC(S(=O)(=O)NC2CCCC2)C1. The summed E-state index contributed by atoms with van der Waals surface area (Å²) in [7, 11) is -1.91. The molecule has 2 aliphatic rings. The van der Waals surface area contributed by atoms with Crippen LogP contribution in [0.4, 0.5) is 0 Å². The van der Waals surface area contributed by atoms with Crippen LogP contribution in [0.2, 0.25) is 0 Å². The van der Waals surface area contributed by atoms with Crippen LogP contribution >= 0.6 is 0 Å². The number of carbonyl (C=O) groups excluding carboxylic acids is 1. The molecule has 0 radical (unpaired) electrons. The summed E-state index contributed by atoms with van der Waals surface area (Å²) in [5.41, 5.74) is 0. The van der Waals surface area contributed by atoms with Crippen molar-refractivity contribution in [2.75, 3.05) is 20.2 Å². The molecule has 1 heterocycles. The number of esters is 1. The van der Waals surface area contributed by atoms with E-state index in [1.807, 2.05) is 4.90 Å². The average Bonchev–Trinajstić information content (AvgIpc) is 2.77. The normalized spacial score (nSPS) is 24.1. The van der Waals surface area contributed by atoms with Gasteiger partial charge in [0.1, 0.15) is 11.3 Å². The lowest BCUT2D eigenvalue weighted by Gasteiger charge is -2.41. The molecule has 2 rings (SSSR count). The quantitative estimate of drug-likeness (QED) is 0.727. The Hall–Kier alpha value is -0.660. The summed E-state index contributed by atoms with van der Waals surface area (Å²) in [5.74, 6) is -0.320. The second-order valence-corrected chi connectivity index (χ2v) is 7.41. The molecule has 1 saturated carbocycles. The third-order valence-corrected chi connectivity index (χ3v) is 5.93. The zero-order valence-corrected chi connectivity index (χ0v) is 12.3. The molecule has 0 aromatic rings. The second kappa shape index (κ2) is 5.76. The van der Waals surface area contributed by atoms with Crippen molar-refractivity contribution in [1.82, 2.24) is 9.62 Å². The van der Waals surface area contributed by atoms with Crippen LogP contribution in [0, 0.1) is 0 Å². The van der Waals surface area contributed by atoms with Crippen LogP contribution in [0.1, 0.15) is 32.6 Å². The fraction of sp³-hybridized carbons (Fsp3) is 0.917. The van der Waals surface area contributed by atoms with Crippen LogP contribution in [0.5, 0.6) is 0 Å². The van der Waals surface area contributed by atoms with Crippen molar-refractivity contribution in [2.45, 2.75) is 49.9 Å². The molecule has 7 heteroatoms. The van der Waals surface area contributed by atoms with Gasteiger partial charge in [-0.1, -0.05) is 12.8 Å². The van der Waals surface area contributed by atoms with E-state index in [1.165, 1.54) is 7.11 Å². The molecule has 0 unspecified atom stereocenters. The zero-order valence-electron chi connectivity index (χ0n) is 11.5. The summed E-state index contributed by atoms with van der Waals surface area (Å²) >= 11 is 0. The second-order valence-electron chi connectivity index (χ2n) is 5.42. The lowest BCUT2D eigenvalue weighted by molar-refractivity contribution is -0.147. The first-order chi connectivity index (χ1) is 8.94. The smallest absolute Gasteiger partial charge is 0.322 e. The van der Waals surface area contributed by atoms with Crippen LogP contribution in [-0.4, -0.2) is 56.8 Å². The Labute approximate surface area is 114 Å². The van der Waals surface area contributed by atoms with Gasteiger partial charge in [0.2, 0.25) is 10.0 Å². The Kier molecular flexibility index (Phi) is 4.47. The number of sulfonamides is 1. The van der Waals surface area contributed by atoms with E-state index in [0.717, 1.165) is 25.7 Å². The van der Waals surface area contributed by atoms with E-state index in [-0.39, 0.29) is 18.1 Å². The summed E-state index contributed by atoms with van der Waals surface area (Å²) < 4.78 is 31.7. The van der Waals surface area contributed by atoms with Crippen molar-refractivity contribution in [3.8, 4) is 0 Å². The number of likely N-dealkylation sites (tertiary alicyclic amines) is 1. The first-order valence-electron chi connectivity index (χ1n) is 6.77. The third-order valence-electron chi connectivity index (χ3n) is 4.09. The Morgan fingerprint density at radius 1 is 1.32 bits per heavy atom. The maximum Gasteiger partial charge on any atom is 0.322 e. The summed E-state index contributed by atoms with van der Waals surface area (Å²) in [4.78, 5) is 13.2. The van der Waals surface area contributed by atoms with Crippen LogP contribution < -0.4 is 4.72 Å². The predicted molar refractivity (Wildman–Crippen MR) is 71.2 cm³/mol. The number of methoxy groups -OCH3 is 1. The number of carbonyl (C=O) groups is 1. The lowest BCUT2D eigenvalue weighted by atomic mass is 10.1. The average molecular weight is 290 g/mol. The molecule has 0 aromatic carbocycles. The molecule has 1 aliphatic heterocycles. The first-order valence-corrected chi connectivity index (χ1v) is 8.31. The van der Waals surface area contributed by atoms with E-state index in [9.17, 15) is 13.2 Å². The van der Waals surface area contributed by atoms with Gasteiger partial charge < -0.3 is 4.74 Å². The summed E-state index contributed by atoms with van der Waals surface area (Å²) in [6, 6.07) is -0.264. The number of hydrogen-bond donors (Lipinski definition) is 1. The van der Waals surface area contributed by atoms with Gasteiger partial charge in [0.05, 0.1) is 7.11 Å². The van der Waals surface area contributed by atoms with E-state index in [1.54, 1.807) is 6.92 Å². The van der Waals surface area contributed by atoms with Gasteiger partial charge in [-0.3, -0.25) is 9.69 Å². The standard InChI is InChI=1S/C12H22N2O4S/c1-9(12(15)18-2)14-7-11(8-14)19(16,17)13-10-5-3-4-6-10/h9-11,13H,3-8H2,1-2H3/t9-/m1/s1. The molecule has 0 aromatic heterocycles. The highest BCUT2D eigenvalue weighted by molar-refractivity contribution is 7.90. The highest BCUT2D eigenvalue weighted by atomic mass is 32.2. The molecule has 110 valence electrons. The first kappa shape index (κ1) is 14.7. The molecule has 1 aliphatic carbocycles. The van der Waals surface area contributed by atoms with Crippen LogP contribution in [0.15, 0.2) is 0 Å². The zero-order chi connectivity index (χ0) is 14.0. The largest absolute Gasteiger partial charge is 0.468 e. The molecule has 1 atom stereocenters. The highest BCUT2D eigenvalue weighted by Gasteiger charge is 2.42. The van der Waals surface area contributed by atoms with Crippen molar-refractivity contribution in [1.29, 1.82) is 0 Å². The Bertz CT molecular complexity index is 425. The fourth-order valence-corrected chi connectivity index (χ4v) is 4.34. The van der Waals surface area contributed by atoms with E-state index in [2.05, 4.69) is 9.46 Å². The van der Waals surface area contributed by atoms with Gasteiger partial charge in [-0.2, -0.15) is 0 Å². The number of rotatable bonds is 5. The van der Waals surface area contributed by atoms with Gasteiger partial charge >= 0.3 is 5.97 Å². The predicted octanol–water partition coefficient (Wildman–Crippen LogP) is 0.0941. The number of ether oxygens (including phenoxy) is 1. The minimum absolute atomic E-state index is 0.108. The van der Waals surface area contributed by atoms with Crippen molar-refractivity contribution in [3.05, 3.63) is 0 Å². The molecule has 0 spiro atoms. The number of nitrogens with zero attached hydrogens (tertiary/aromatic N) is 1. The summed E-state index contributed by atoms with van der Waals surface area (Å²) in [6.07, 6.45) is 4.08. The molecule has 2 fully saturated rings. The van der Waals surface area contributed by atoms with Crippen molar-refractivity contribution in [2.24, 2.45) is 0 Å². The van der Waals surface area contributed by atoms with Gasteiger partial charge in [-0.25, -0.2) is 13.1 Å². The molecular weight excluding hydrogens is 268 g/mol. The Balaban J connectivity index is 1.83. The third kappa shape index (κ3) is 3.27. The van der Waals surface area contributed by atoms with Crippen LogP contribution in [0.25, 0.3) is 0 Å². The molecule has 0 bridgehead atoms. The number of hydrogen-bond acceptors (Lipinski definition) is 5. The monoisotopic (exact) mass is 290 g/mol. The summed E-state index contributed by atoms with van der Waals surface area (Å²) in [6.45, 7) is 2.54. The summed E-state index contributed by atoms with van der Waals surface area (Å²) in [5, 5.41) is -0.403. The molecule has 6 nitrogen and oxygen atoms in total. The van der Waals surface area contributed by atoms with Crippen LogP contribution in [0.3, 0.4) is 0 Å². The van der Waals surface area contributed by atoms with Gasteiger partial charge in [0.25, 0.3) is 0 Å². The van der Waals surface area contributed by atoms with Gasteiger partial charge in [-0.15, -0.1) is 0 Å². The molecule has 19 heavy (non-hydrogen) atoms. The van der Waals surface area contributed by atoms with Crippen molar-refractivity contribution in [3.63, 3.8) is 0 Å². The van der Waals surface area contributed by atoms with E-state index >= 15 is 0 Å². The van der Waals surface area contributed by atoms with Gasteiger partial charge in [0, 0.05) is 19.1 Å². The maximum absolute atomic E-state index is 12.1. The molecule has 1 N–H and O–H groups in total. The molecular formula is C12H22N2O4S. The molecule has 0 amide bonds. The van der Waals surface area contributed by atoms with E-state index in [4.69, 9.17) is 0 Å². The van der Waals surface area contributed by atoms with Gasteiger partial charge in [0.15, 0.2) is 0 Å². The minimum atomic E-state index is -3.25. The van der Waals surface area contributed by atoms with E-state index in [0.29, 0.717) is 13.1 Å². The maximum atomic E-state index is 12.1. The Morgan fingerprint density at radius 2 is 1.89 bits per heavy atom. The topological polar surface area (TPSA) is 75.7 Å². The van der Waals surface area contributed by atoms with E-state index < -0.39 is 15.3 Å². The molecule has 1 saturated heterocycles. The highest BCUT2D eigenvalue weighted by Crippen LogP contribution is 2.23.